The predicted octanol–water partition coefficient (Wildman–Crippen LogP) is 6.70. The van der Waals surface area contributed by atoms with Crippen LogP contribution in [0.15, 0.2) is 91.0 Å². The molecule has 4 rings (SSSR count). The Kier molecular flexibility index (Phi) is 4.37. The van der Waals surface area contributed by atoms with Crippen molar-refractivity contribution in [3.8, 4) is 33.5 Å². The minimum absolute atomic E-state index is 1.04. The van der Waals surface area contributed by atoms with Gasteiger partial charge in [0.2, 0.25) is 0 Å². The molecule has 1 heteroatoms. The third kappa shape index (κ3) is 3.16. The van der Waals surface area contributed by atoms with Crippen LogP contribution in [-0.4, -0.2) is 4.98 Å². The SMILES string of the molecule is Cc1cc(-c2ccc(-c3ccccc3)cc2)c(C)c(-c2ccccc2)n1. The largest absolute Gasteiger partial charge is 0.253 e. The summed E-state index contributed by atoms with van der Waals surface area (Å²) in [6.07, 6.45) is 0. The van der Waals surface area contributed by atoms with Crippen LogP contribution in [0, 0.1) is 13.8 Å². The first-order chi connectivity index (χ1) is 12.7. The van der Waals surface area contributed by atoms with E-state index in [1.807, 2.05) is 12.1 Å². The quantitative estimate of drug-likeness (QED) is 0.406. The Balaban J connectivity index is 1.78. The van der Waals surface area contributed by atoms with Gasteiger partial charge in [-0.25, -0.2) is 0 Å². The lowest BCUT2D eigenvalue weighted by molar-refractivity contribution is 1.18. The van der Waals surface area contributed by atoms with Crippen LogP contribution in [0.5, 0.6) is 0 Å². The van der Waals surface area contributed by atoms with Crippen LogP contribution in [0.25, 0.3) is 33.5 Å². The maximum atomic E-state index is 4.79. The molecule has 0 bridgehead atoms. The molecule has 0 spiro atoms. The second-order valence-corrected chi connectivity index (χ2v) is 6.59. The molecule has 0 radical (unpaired) electrons. The van der Waals surface area contributed by atoms with Gasteiger partial charge in [0.05, 0.1) is 5.69 Å². The van der Waals surface area contributed by atoms with Crippen molar-refractivity contribution in [2.45, 2.75) is 13.8 Å². The van der Waals surface area contributed by atoms with Crippen molar-refractivity contribution in [3.63, 3.8) is 0 Å². The van der Waals surface area contributed by atoms with Crippen molar-refractivity contribution in [2.24, 2.45) is 0 Å². The lowest BCUT2D eigenvalue weighted by atomic mass is 9.94. The van der Waals surface area contributed by atoms with E-state index >= 15 is 0 Å². The standard InChI is InChI=1S/C25H21N/c1-18-17-24(19(2)25(26-18)23-11-7-4-8-12-23)22-15-13-21(14-16-22)20-9-5-3-6-10-20/h3-17H,1-2H3. The minimum atomic E-state index is 1.04. The number of nitrogens with zero attached hydrogens (tertiary/aromatic N) is 1. The smallest absolute Gasteiger partial charge is 0.0740 e. The van der Waals surface area contributed by atoms with Crippen LogP contribution >= 0.6 is 0 Å². The van der Waals surface area contributed by atoms with Crippen molar-refractivity contribution >= 4 is 0 Å². The Morgan fingerprint density at radius 3 is 1.65 bits per heavy atom. The summed E-state index contributed by atoms with van der Waals surface area (Å²) in [6.45, 7) is 4.23. The molecule has 0 aliphatic heterocycles. The van der Waals surface area contributed by atoms with Crippen molar-refractivity contribution in [1.82, 2.24) is 4.98 Å². The molecule has 0 amide bonds. The second-order valence-electron chi connectivity index (χ2n) is 6.59. The third-order valence-corrected chi connectivity index (χ3v) is 4.75. The molecule has 0 aliphatic carbocycles. The molecule has 126 valence electrons. The zero-order valence-corrected chi connectivity index (χ0v) is 15.1. The Hall–Kier alpha value is -3.19. The first-order valence-electron chi connectivity index (χ1n) is 8.92. The fourth-order valence-electron chi connectivity index (χ4n) is 3.39. The van der Waals surface area contributed by atoms with E-state index in [1.165, 1.54) is 27.8 Å². The second kappa shape index (κ2) is 6.97. The molecule has 0 saturated carbocycles. The number of hydrogen-bond acceptors (Lipinski definition) is 1. The van der Waals surface area contributed by atoms with Gasteiger partial charge >= 0.3 is 0 Å². The third-order valence-electron chi connectivity index (χ3n) is 4.75. The number of hydrogen-bond donors (Lipinski definition) is 0. The highest BCUT2D eigenvalue weighted by molar-refractivity contribution is 5.77. The Morgan fingerprint density at radius 2 is 1.04 bits per heavy atom. The van der Waals surface area contributed by atoms with Crippen molar-refractivity contribution in [1.29, 1.82) is 0 Å². The molecule has 0 unspecified atom stereocenters. The predicted molar refractivity (Wildman–Crippen MR) is 110 cm³/mol. The van der Waals surface area contributed by atoms with E-state index in [2.05, 4.69) is 92.7 Å². The average Bonchev–Trinajstić information content (AvgIpc) is 2.71. The Labute approximate surface area is 155 Å². The van der Waals surface area contributed by atoms with Gasteiger partial charge in [-0.3, -0.25) is 4.98 Å². The monoisotopic (exact) mass is 335 g/mol. The van der Waals surface area contributed by atoms with Crippen LogP contribution in [0.2, 0.25) is 0 Å². The summed E-state index contributed by atoms with van der Waals surface area (Å²) in [4.78, 5) is 4.79. The van der Waals surface area contributed by atoms with Gasteiger partial charge < -0.3 is 0 Å². The molecular weight excluding hydrogens is 314 g/mol. The molecule has 0 atom stereocenters. The molecular formula is C25H21N. The van der Waals surface area contributed by atoms with E-state index in [1.54, 1.807) is 0 Å². The van der Waals surface area contributed by atoms with Crippen molar-refractivity contribution < 1.29 is 0 Å². The molecule has 4 aromatic rings. The van der Waals surface area contributed by atoms with Gasteiger partial charge in [-0.15, -0.1) is 0 Å². The van der Waals surface area contributed by atoms with E-state index in [0.29, 0.717) is 0 Å². The molecule has 1 aromatic heterocycles. The maximum absolute atomic E-state index is 4.79. The van der Waals surface area contributed by atoms with Gasteiger partial charge in [-0.05, 0) is 47.7 Å². The molecule has 3 aromatic carbocycles. The Bertz CT molecular complexity index is 1020. The van der Waals surface area contributed by atoms with Gasteiger partial charge in [0.1, 0.15) is 0 Å². The van der Waals surface area contributed by atoms with Gasteiger partial charge in [0.25, 0.3) is 0 Å². The van der Waals surface area contributed by atoms with Gasteiger partial charge in [0.15, 0.2) is 0 Å². The van der Waals surface area contributed by atoms with E-state index in [9.17, 15) is 0 Å². The summed E-state index contributed by atoms with van der Waals surface area (Å²) in [6, 6.07) is 31.9. The number of benzene rings is 3. The topological polar surface area (TPSA) is 12.9 Å². The lowest BCUT2D eigenvalue weighted by Gasteiger charge is -2.13. The number of aromatic nitrogens is 1. The van der Waals surface area contributed by atoms with Crippen LogP contribution in [0.1, 0.15) is 11.3 Å². The summed E-state index contributed by atoms with van der Waals surface area (Å²) in [5.41, 5.74) is 9.43. The molecule has 0 aliphatic rings. The highest BCUT2D eigenvalue weighted by Crippen LogP contribution is 2.32. The van der Waals surface area contributed by atoms with E-state index in [-0.39, 0.29) is 0 Å². The highest BCUT2D eigenvalue weighted by Gasteiger charge is 2.11. The average molecular weight is 335 g/mol. The van der Waals surface area contributed by atoms with Gasteiger partial charge in [-0.1, -0.05) is 84.9 Å². The minimum Gasteiger partial charge on any atom is -0.253 e. The van der Waals surface area contributed by atoms with Crippen LogP contribution in [0.3, 0.4) is 0 Å². The number of pyridine rings is 1. The highest BCUT2D eigenvalue weighted by atomic mass is 14.7. The summed E-state index contributed by atoms with van der Waals surface area (Å²) < 4.78 is 0. The zero-order valence-electron chi connectivity index (χ0n) is 15.1. The summed E-state index contributed by atoms with van der Waals surface area (Å²) in [7, 11) is 0. The van der Waals surface area contributed by atoms with Crippen LogP contribution < -0.4 is 0 Å². The number of aryl methyl sites for hydroxylation is 1. The fourth-order valence-corrected chi connectivity index (χ4v) is 3.39. The molecule has 0 saturated heterocycles. The number of rotatable bonds is 3. The molecule has 0 N–H and O–H groups in total. The van der Waals surface area contributed by atoms with Crippen LogP contribution in [-0.2, 0) is 0 Å². The first kappa shape index (κ1) is 16.3. The van der Waals surface area contributed by atoms with Crippen molar-refractivity contribution in [3.05, 3.63) is 102 Å². The summed E-state index contributed by atoms with van der Waals surface area (Å²) >= 11 is 0. The maximum Gasteiger partial charge on any atom is 0.0740 e. The zero-order chi connectivity index (χ0) is 17.9. The van der Waals surface area contributed by atoms with Crippen molar-refractivity contribution in [2.75, 3.05) is 0 Å². The molecule has 1 heterocycles. The molecule has 26 heavy (non-hydrogen) atoms. The first-order valence-corrected chi connectivity index (χ1v) is 8.92. The normalized spacial score (nSPS) is 10.7. The van der Waals surface area contributed by atoms with E-state index in [4.69, 9.17) is 4.98 Å². The molecule has 0 fully saturated rings. The summed E-state index contributed by atoms with van der Waals surface area (Å²) in [5, 5.41) is 0. The molecule has 1 nitrogen and oxygen atoms in total. The fraction of sp³-hybridized carbons (Fsp3) is 0.0800. The lowest BCUT2D eigenvalue weighted by Crippen LogP contribution is -1.95. The summed E-state index contributed by atoms with van der Waals surface area (Å²) in [5.74, 6) is 0. The van der Waals surface area contributed by atoms with Gasteiger partial charge in [-0.2, -0.15) is 0 Å². The Morgan fingerprint density at radius 1 is 0.538 bits per heavy atom. The van der Waals surface area contributed by atoms with E-state index in [0.717, 1.165) is 17.0 Å². The van der Waals surface area contributed by atoms with Crippen LogP contribution in [0.4, 0.5) is 0 Å². The van der Waals surface area contributed by atoms with Gasteiger partial charge in [0, 0.05) is 11.3 Å². The van der Waals surface area contributed by atoms with E-state index < -0.39 is 0 Å².